The summed E-state index contributed by atoms with van der Waals surface area (Å²) >= 11 is 0. The molecule has 23 heavy (non-hydrogen) atoms. The predicted molar refractivity (Wildman–Crippen MR) is 88.5 cm³/mol. The Hall–Kier alpha value is -1.59. The molecule has 1 amide bonds. The zero-order valence-corrected chi connectivity index (χ0v) is 14.5. The average Bonchev–Trinajstić information content (AvgIpc) is 2.51. The predicted octanol–water partition coefficient (Wildman–Crippen LogP) is 1.87. The van der Waals surface area contributed by atoms with E-state index in [1.54, 1.807) is 14.2 Å². The molecule has 1 atom stereocenters. The number of carbonyl (C=O) groups is 1. The van der Waals surface area contributed by atoms with Gasteiger partial charge >= 0.3 is 0 Å². The van der Waals surface area contributed by atoms with E-state index in [-0.39, 0.29) is 12.5 Å². The van der Waals surface area contributed by atoms with Crippen LogP contribution in [0, 0.1) is 5.41 Å². The molecule has 0 radical (unpaired) electrons. The Kier molecular flexibility index (Phi) is 5.32. The van der Waals surface area contributed by atoms with E-state index in [1.165, 1.54) is 0 Å². The van der Waals surface area contributed by atoms with Gasteiger partial charge in [-0.05, 0) is 12.5 Å². The fraction of sp³-hybridized carbons (Fsp3) is 0.611. The molecular weight excluding hydrogens is 294 g/mol. The summed E-state index contributed by atoms with van der Waals surface area (Å²) in [7, 11) is 3.20. The molecule has 1 aromatic carbocycles. The second-order valence-electron chi connectivity index (χ2n) is 6.90. The van der Waals surface area contributed by atoms with Gasteiger partial charge in [0.1, 0.15) is 5.75 Å². The van der Waals surface area contributed by atoms with Gasteiger partial charge in [0.25, 0.3) is 0 Å². The molecule has 2 rings (SSSR count). The summed E-state index contributed by atoms with van der Waals surface area (Å²) in [5.41, 5.74) is -0.434. The maximum Gasteiger partial charge on any atom is 0.227 e. The van der Waals surface area contributed by atoms with E-state index < -0.39 is 11.0 Å². The standard InChI is InChI=1S/C18H27NO4/c1-17(2)12-19(10-9-18(17,21)13-22-3)16(20)11-14-7-5-6-8-15(14)23-4/h5-8,21H,9-13H2,1-4H3/t18-/m1/s1. The third-order valence-corrected chi connectivity index (χ3v) is 4.91. The van der Waals surface area contributed by atoms with Gasteiger partial charge in [-0.1, -0.05) is 32.0 Å². The van der Waals surface area contributed by atoms with Gasteiger partial charge < -0.3 is 19.5 Å². The van der Waals surface area contributed by atoms with Crippen molar-refractivity contribution in [1.29, 1.82) is 0 Å². The first-order valence-corrected chi connectivity index (χ1v) is 7.94. The first-order valence-electron chi connectivity index (χ1n) is 7.94. The molecule has 128 valence electrons. The topological polar surface area (TPSA) is 59.0 Å². The fourth-order valence-electron chi connectivity index (χ4n) is 3.20. The highest BCUT2D eigenvalue weighted by molar-refractivity contribution is 5.79. The second kappa shape index (κ2) is 6.89. The summed E-state index contributed by atoms with van der Waals surface area (Å²) in [6.45, 7) is 5.30. The van der Waals surface area contributed by atoms with Crippen molar-refractivity contribution in [2.75, 3.05) is 33.9 Å². The van der Waals surface area contributed by atoms with Gasteiger partial charge in [-0.25, -0.2) is 0 Å². The van der Waals surface area contributed by atoms with Crippen molar-refractivity contribution >= 4 is 5.91 Å². The molecular formula is C18H27NO4. The molecule has 5 nitrogen and oxygen atoms in total. The van der Waals surface area contributed by atoms with Crippen molar-refractivity contribution in [3.63, 3.8) is 0 Å². The number of ether oxygens (including phenoxy) is 2. The molecule has 1 aliphatic rings. The minimum Gasteiger partial charge on any atom is -0.496 e. The number of rotatable bonds is 5. The van der Waals surface area contributed by atoms with Gasteiger partial charge in [-0.15, -0.1) is 0 Å². The van der Waals surface area contributed by atoms with Crippen LogP contribution < -0.4 is 4.74 Å². The number of para-hydroxylation sites is 1. The van der Waals surface area contributed by atoms with Crippen LogP contribution in [-0.4, -0.2) is 55.4 Å². The average molecular weight is 321 g/mol. The SMILES string of the molecule is COC[C@]1(O)CCN(C(=O)Cc2ccccc2OC)CC1(C)C. The van der Waals surface area contributed by atoms with Crippen molar-refractivity contribution in [2.24, 2.45) is 5.41 Å². The summed E-state index contributed by atoms with van der Waals surface area (Å²) in [4.78, 5) is 14.5. The maximum absolute atomic E-state index is 12.6. The third-order valence-electron chi connectivity index (χ3n) is 4.91. The molecule has 0 bridgehead atoms. The Morgan fingerprint density at radius 2 is 2.00 bits per heavy atom. The van der Waals surface area contributed by atoms with E-state index >= 15 is 0 Å². The minimum absolute atomic E-state index is 0.0574. The Labute approximate surface area is 138 Å². The largest absolute Gasteiger partial charge is 0.496 e. The molecule has 1 saturated heterocycles. The molecule has 1 aliphatic heterocycles. The first-order chi connectivity index (χ1) is 10.8. The molecule has 5 heteroatoms. The molecule has 0 aromatic heterocycles. The molecule has 1 N–H and O–H groups in total. The Balaban J connectivity index is 2.07. The summed E-state index contributed by atoms with van der Waals surface area (Å²) in [5, 5.41) is 10.8. The normalized spacial score (nSPS) is 23.6. The summed E-state index contributed by atoms with van der Waals surface area (Å²) in [6.07, 6.45) is 0.828. The van der Waals surface area contributed by atoms with Crippen LogP contribution in [0.4, 0.5) is 0 Å². The van der Waals surface area contributed by atoms with Crippen LogP contribution in [0.2, 0.25) is 0 Å². The number of likely N-dealkylation sites (tertiary alicyclic amines) is 1. The summed E-state index contributed by atoms with van der Waals surface area (Å²) < 4.78 is 10.5. The lowest BCUT2D eigenvalue weighted by molar-refractivity contribution is -0.163. The molecule has 1 heterocycles. The highest BCUT2D eigenvalue weighted by Gasteiger charge is 2.48. The number of carbonyl (C=O) groups excluding carboxylic acids is 1. The number of nitrogens with zero attached hydrogens (tertiary/aromatic N) is 1. The zero-order valence-electron chi connectivity index (χ0n) is 14.5. The number of amides is 1. The quantitative estimate of drug-likeness (QED) is 0.899. The number of hydrogen-bond donors (Lipinski definition) is 1. The number of piperidine rings is 1. The maximum atomic E-state index is 12.6. The van der Waals surface area contributed by atoms with Crippen molar-refractivity contribution in [2.45, 2.75) is 32.3 Å². The first kappa shape index (κ1) is 17.8. The van der Waals surface area contributed by atoms with Gasteiger partial charge in [-0.2, -0.15) is 0 Å². The zero-order chi connectivity index (χ0) is 17.1. The lowest BCUT2D eigenvalue weighted by Gasteiger charge is -2.50. The molecule has 1 aromatic rings. The van der Waals surface area contributed by atoms with Crippen molar-refractivity contribution in [3.05, 3.63) is 29.8 Å². The van der Waals surface area contributed by atoms with E-state index in [1.807, 2.05) is 43.0 Å². The number of hydrogen-bond acceptors (Lipinski definition) is 4. The van der Waals surface area contributed by atoms with Crippen LogP contribution in [0.5, 0.6) is 5.75 Å². The van der Waals surface area contributed by atoms with E-state index in [0.717, 1.165) is 11.3 Å². The summed E-state index contributed by atoms with van der Waals surface area (Å²) in [6, 6.07) is 7.57. The van der Waals surface area contributed by atoms with E-state index in [4.69, 9.17) is 9.47 Å². The molecule has 1 fully saturated rings. The van der Waals surface area contributed by atoms with Gasteiger partial charge in [0.2, 0.25) is 5.91 Å². The second-order valence-corrected chi connectivity index (χ2v) is 6.90. The smallest absolute Gasteiger partial charge is 0.227 e. The fourth-order valence-corrected chi connectivity index (χ4v) is 3.20. The molecule has 0 spiro atoms. The molecule has 0 unspecified atom stereocenters. The summed E-state index contributed by atoms with van der Waals surface area (Å²) in [5.74, 6) is 0.787. The van der Waals surface area contributed by atoms with E-state index in [9.17, 15) is 9.90 Å². The van der Waals surface area contributed by atoms with Gasteiger partial charge in [-0.3, -0.25) is 4.79 Å². The van der Waals surface area contributed by atoms with E-state index in [0.29, 0.717) is 25.9 Å². The van der Waals surface area contributed by atoms with Gasteiger partial charge in [0.05, 0.1) is 25.7 Å². The highest BCUT2D eigenvalue weighted by atomic mass is 16.5. The van der Waals surface area contributed by atoms with Crippen molar-refractivity contribution < 1.29 is 19.4 Å². The molecule has 0 saturated carbocycles. The number of aliphatic hydroxyl groups is 1. The lowest BCUT2D eigenvalue weighted by atomic mass is 9.70. The third kappa shape index (κ3) is 3.67. The van der Waals surface area contributed by atoms with Gasteiger partial charge in [0.15, 0.2) is 0 Å². The molecule has 0 aliphatic carbocycles. The number of benzene rings is 1. The Morgan fingerprint density at radius 3 is 2.61 bits per heavy atom. The lowest BCUT2D eigenvalue weighted by Crippen LogP contribution is -2.60. The highest BCUT2D eigenvalue weighted by Crippen LogP contribution is 2.39. The van der Waals surface area contributed by atoms with Crippen LogP contribution >= 0.6 is 0 Å². The minimum atomic E-state index is -0.900. The van der Waals surface area contributed by atoms with E-state index in [2.05, 4.69) is 0 Å². The van der Waals surface area contributed by atoms with Crippen LogP contribution in [0.25, 0.3) is 0 Å². The Morgan fingerprint density at radius 1 is 1.30 bits per heavy atom. The van der Waals surface area contributed by atoms with Crippen LogP contribution in [0.3, 0.4) is 0 Å². The van der Waals surface area contributed by atoms with Crippen LogP contribution in [-0.2, 0) is 16.0 Å². The Bertz CT molecular complexity index is 558. The van der Waals surface area contributed by atoms with Crippen LogP contribution in [0.15, 0.2) is 24.3 Å². The number of methoxy groups -OCH3 is 2. The van der Waals surface area contributed by atoms with Crippen LogP contribution in [0.1, 0.15) is 25.8 Å². The monoisotopic (exact) mass is 321 g/mol. The van der Waals surface area contributed by atoms with Crippen molar-refractivity contribution in [1.82, 2.24) is 4.90 Å². The van der Waals surface area contributed by atoms with Crippen molar-refractivity contribution in [3.8, 4) is 5.75 Å². The van der Waals surface area contributed by atoms with Gasteiger partial charge in [0, 0.05) is 31.2 Å².